The number of halogens is 1. The molecule has 4 N–H and O–H groups in total. The van der Waals surface area contributed by atoms with Crippen molar-refractivity contribution in [1.82, 2.24) is 19.1 Å². The SMILES string of the molecule is Cc1cn([C@H]2C[C@H](N=[N+]=[N-])[C@@H](COP(=O)(O)OP(=O)(O)OC[C@H]3O[C@@H](n4cc(C)c(=O)[nH]c4=S)C[C@@H]3F)O2)c(=O)[nH]c1=O. The molecule has 2 saturated heterocycles. The molecule has 0 bridgehead atoms. The lowest BCUT2D eigenvalue weighted by Gasteiger charge is -2.21. The van der Waals surface area contributed by atoms with Crippen molar-refractivity contribution in [2.75, 3.05) is 13.2 Å². The number of aryl methyl sites for hydroxylation is 2. The molecule has 0 radical (unpaired) electrons. The van der Waals surface area contributed by atoms with Gasteiger partial charge in [-0.05, 0) is 31.6 Å². The van der Waals surface area contributed by atoms with Crippen molar-refractivity contribution in [3.63, 3.8) is 0 Å². The number of rotatable bonds is 11. The Kier molecular flexibility index (Phi) is 10.0. The number of aromatic nitrogens is 4. The Hall–Kier alpha value is -2.80. The number of H-pyrrole nitrogens is 2. The van der Waals surface area contributed by atoms with Crippen LogP contribution in [-0.4, -0.2) is 66.5 Å². The maximum Gasteiger partial charge on any atom is 0.481 e. The number of hydrogen-bond donors (Lipinski definition) is 4. The van der Waals surface area contributed by atoms with Crippen molar-refractivity contribution >= 4 is 27.9 Å². The highest BCUT2D eigenvalue weighted by Crippen LogP contribution is 2.60. The fourth-order valence-electron chi connectivity index (χ4n) is 4.35. The summed E-state index contributed by atoms with van der Waals surface area (Å²) in [6, 6.07) is -1.01. The predicted octanol–water partition coefficient (Wildman–Crippen LogP) is 1.92. The van der Waals surface area contributed by atoms with Crippen LogP contribution in [0.4, 0.5) is 4.39 Å². The van der Waals surface area contributed by atoms with Gasteiger partial charge in [0.25, 0.3) is 11.1 Å². The van der Waals surface area contributed by atoms with E-state index < -0.39 is 82.5 Å². The van der Waals surface area contributed by atoms with E-state index in [1.54, 1.807) is 0 Å². The van der Waals surface area contributed by atoms with Crippen LogP contribution in [0.25, 0.3) is 10.4 Å². The van der Waals surface area contributed by atoms with Crippen LogP contribution in [-0.2, 0) is 32.0 Å². The first-order chi connectivity index (χ1) is 20.1. The van der Waals surface area contributed by atoms with E-state index >= 15 is 0 Å². The number of phosphoric ester groups is 2. The minimum absolute atomic E-state index is 0.0370. The first kappa shape index (κ1) is 33.1. The number of phosphoric acid groups is 2. The fraction of sp³-hybridized carbons (Fsp3) is 0.600. The lowest BCUT2D eigenvalue weighted by Crippen LogP contribution is -2.33. The van der Waals surface area contributed by atoms with Crippen LogP contribution in [0.3, 0.4) is 0 Å². The molecule has 236 valence electrons. The Morgan fingerprint density at radius 3 is 2.19 bits per heavy atom. The summed E-state index contributed by atoms with van der Waals surface area (Å²) in [4.78, 5) is 62.7. The molecule has 0 aliphatic carbocycles. The average Bonchev–Trinajstić information content (AvgIpc) is 3.48. The summed E-state index contributed by atoms with van der Waals surface area (Å²) < 4.78 is 66.5. The zero-order valence-corrected chi connectivity index (χ0v) is 24.9. The third-order valence-electron chi connectivity index (χ3n) is 6.49. The van der Waals surface area contributed by atoms with Crippen LogP contribution in [0, 0.1) is 18.6 Å². The fourth-order valence-corrected chi connectivity index (χ4v) is 6.70. The number of nitrogens with zero attached hydrogens (tertiary/aromatic N) is 5. The molecule has 0 spiro atoms. The molecule has 2 fully saturated rings. The molecule has 2 aromatic heterocycles. The highest BCUT2D eigenvalue weighted by molar-refractivity contribution is 7.71. The second-order valence-electron chi connectivity index (χ2n) is 9.59. The molecule has 8 atom stereocenters. The number of ether oxygens (including phenoxy) is 2. The van der Waals surface area contributed by atoms with Crippen molar-refractivity contribution in [3.05, 3.63) is 69.9 Å². The van der Waals surface area contributed by atoms with Gasteiger partial charge in [-0.15, -0.1) is 0 Å². The van der Waals surface area contributed by atoms with E-state index in [0.29, 0.717) is 0 Å². The van der Waals surface area contributed by atoms with Crippen molar-refractivity contribution in [1.29, 1.82) is 0 Å². The molecule has 43 heavy (non-hydrogen) atoms. The van der Waals surface area contributed by atoms with E-state index in [0.717, 1.165) is 4.57 Å². The molecule has 0 amide bonds. The monoisotopic (exact) mass is 669 g/mol. The maximum atomic E-state index is 14.6. The summed E-state index contributed by atoms with van der Waals surface area (Å²) in [5, 5.41) is 3.52. The topological polar surface area (TPSA) is 262 Å². The van der Waals surface area contributed by atoms with Crippen LogP contribution in [0.1, 0.15) is 36.4 Å². The van der Waals surface area contributed by atoms with E-state index in [1.807, 2.05) is 0 Å². The van der Waals surface area contributed by atoms with Crippen molar-refractivity contribution < 1.29 is 46.1 Å². The molecule has 19 nitrogen and oxygen atoms in total. The van der Waals surface area contributed by atoms with Gasteiger partial charge in [-0.2, -0.15) is 4.31 Å². The van der Waals surface area contributed by atoms with E-state index in [1.165, 1.54) is 30.8 Å². The molecule has 4 heterocycles. The molecule has 4 rings (SSSR count). The number of aromatic amines is 2. The standard InChI is InChI=1S/C20H26FN7O12P2S/c1-9-5-27(19(31)23-17(9)29)16-4-12(25-26-22)14(39-16)8-37-42(34,35)40-41(32,33)36-7-13-11(21)3-15(38-13)28-6-10(2)18(30)24-20(28)43/h5-6,11-16H,3-4,7-8H2,1-2H3,(H,32,33)(H,34,35)(H,23,29,31)(H,24,30,43)/t11-,12-,13+,14+,15+,16+/m0/s1. The third kappa shape index (κ3) is 8.03. The molecular formula is C20H26FN7O12P2S. The Bertz CT molecular complexity index is 1760. The van der Waals surface area contributed by atoms with Gasteiger partial charge in [0.1, 0.15) is 24.7 Å². The van der Waals surface area contributed by atoms with Crippen LogP contribution in [0.5, 0.6) is 0 Å². The highest BCUT2D eigenvalue weighted by Gasteiger charge is 2.43. The first-order valence-electron chi connectivity index (χ1n) is 12.4. The van der Waals surface area contributed by atoms with Gasteiger partial charge in [0.2, 0.25) is 0 Å². The van der Waals surface area contributed by atoms with Gasteiger partial charge in [-0.25, -0.2) is 18.3 Å². The molecule has 0 saturated carbocycles. The zero-order valence-electron chi connectivity index (χ0n) is 22.3. The summed E-state index contributed by atoms with van der Waals surface area (Å²) in [5.74, 6) is 0. The van der Waals surface area contributed by atoms with Crippen LogP contribution in [0.2, 0.25) is 0 Å². The second kappa shape index (κ2) is 13.1. The Morgan fingerprint density at radius 2 is 1.56 bits per heavy atom. The number of alkyl halides is 1. The average molecular weight is 669 g/mol. The smallest absolute Gasteiger partial charge is 0.352 e. The molecule has 2 aromatic rings. The van der Waals surface area contributed by atoms with Crippen molar-refractivity contribution in [3.8, 4) is 0 Å². The van der Waals surface area contributed by atoms with Crippen LogP contribution >= 0.6 is 27.9 Å². The molecular weight excluding hydrogens is 643 g/mol. The van der Waals surface area contributed by atoms with Crippen molar-refractivity contribution in [2.24, 2.45) is 5.11 Å². The van der Waals surface area contributed by atoms with E-state index in [-0.39, 0.29) is 28.7 Å². The summed E-state index contributed by atoms with van der Waals surface area (Å²) in [6.07, 6.45) is -4.12. The van der Waals surface area contributed by atoms with Gasteiger partial charge < -0.3 is 19.3 Å². The Morgan fingerprint density at radius 1 is 1.02 bits per heavy atom. The summed E-state index contributed by atoms with van der Waals surface area (Å²) in [5.41, 5.74) is 7.47. The number of hydrogen-bond acceptors (Lipinski definition) is 12. The van der Waals surface area contributed by atoms with Gasteiger partial charge in [-0.3, -0.25) is 37.7 Å². The lowest BCUT2D eigenvalue weighted by atomic mass is 10.1. The third-order valence-corrected chi connectivity index (χ3v) is 9.40. The first-order valence-corrected chi connectivity index (χ1v) is 15.8. The largest absolute Gasteiger partial charge is 0.481 e. The van der Waals surface area contributed by atoms with Gasteiger partial charge in [0.15, 0.2) is 4.77 Å². The maximum absolute atomic E-state index is 14.6. The molecule has 0 aromatic carbocycles. The number of nitrogens with one attached hydrogen (secondary N) is 2. The molecule has 2 aliphatic heterocycles. The van der Waals surface area contributed by atoms with E-state index in [4.69, 9.17) is 31.7 Å². The molecule has 23 heteroatoms. The van der Waals surface area contributed by atoms with Crippen molar-refractivity contribution in [2.45, 2.75) is 63.6 Å². The highest BCUT2D eigenvalue weighted by atomic mass is 32.1. The molecule has 2 unspecified atom stereocenters. The lowest BCUT2D eigenvalue weighted by molar-refractivity contribution is -0.0359. The normalized spacial score (nSPS) is 28.2. The van der Waals surface area contributed by atoms with Gasteiger partial charge in [0, 0.05) is 41.3 Å². The predicted molar refractivity (Wildman–Crippen MR) is 144 cm³/mol. The van der Waals surface area contributed by atoms with Gasteiger partial charge in [0.05, 0.1) is 25.4 Å². The molecule has 2 aliphatic rings. The Labute approximate surface area is 245 Å². The van der Waals surface area contributed by atoms with E-state index in [9.17, 15) is 37.7 Å². The minimum atomic E-state index is -5.34. The summed E-state index contributed by atoms with van der Waals surface area (Å²) in [7, 11) is -10.7. The Balaban J connectivity index is 1.34. The van der Waals surface area contributed by atoms with Gasteiger partial charge in [-0.1, -0.05) is 5.11 Å². The van der Waals surface area contributed by atoms with E-state index in [2.05, 4.69) is 28.8 Å². The summed E-state index contributed by atoms with van der Waals surface area (Å²) in [6.45, 7) is 1.27. The second-order valence-corrected chi connectivity index (χ2v) is 13.0. The number of azide groups is 1. The quantitative estimate of drug-likeness (QED) is 0.0877. The zero-order chi connectivity index (χ0) is 31.7. The van der Waals surface area contributed by atoms with Crippen LogP contribution in [0.15, 0.2) is 31.9 Å². The van der Waals surface area contributed by atoms with Gasteiger partial charge >= 0.3 is 21.3 Å². The summed E-state index contributed by atoms with van der Waals surface area (Å²) >= 11 is 5.07. The minimum Gasteiger partial charge on any atom is -0.352 e. The van der Waals surface area contributed by atoms with Crippen LogP contribution < -0.4 is 16.8 Å².